The number of hydrogen-bond donors (Lipinski definition) is 3. The first kappa shape index (κ1) is 35.5. The molecule has 0 fully saturated rings. The second kappa shape index (κ2) is 16.6. The van der Waals surface area contributed by atoms with E-state index in [0.29, 0.717) is 33.4 Å². The molecule has 0 saturated heterocycles. The number of hydrogen-bond acceptors (Lipinski definition) is 9. The molecule has 0 spiro atoms. The topological polar surface area (TPSA) is 153 Å². The van der Waals surface area contributed by atoms with Gasteiger partial charge >= 0.3 is 0 Å². The number of nitro groups is 1. The molecule has 3 amide bonds. The molecule has 5 aromatic carbocycles. The number of nitrogens with one attached hydrogen (secondary N) is 3. The third-order valence-corrected chi connectivity index (χ3v) is 9.71. The van der Waals surface area contributed by atoms with Crippen molar-refractivity contribution < 1.29 is 24.0 Å². The molecule has 3 N–H and O–H groups in total. The summed E-state index contributed by atoms with van der Waals surface area (Å²) in [6.07, 6.45) is 1.44. The van der Waals surface area contributed by atoms with Gasteiger partial charge < -0.3 is 20.7 Å². The van der Waals surface area contributed by atoms with Crippen molar-refractivity contribution >= 4 is 73.6 Å². The molecule has 6 rings (SSSR count). The molecule has 260 valence electrons. The van der Waals surface area contributed by atoms with Gasteiger partial charge in [-0.05, 0) is 84.8 Å². The minimum absolute atomic E-state index is 0.0773. The van der Waals surface area contributed by atoms with E-state index in [1.54, 1.807) is 48.5 Å². The Hall–Kier alpha value is -6.31. The van der Waals surface area contributed by atoms with Crippen LogP contribution in [0.5, 0.6) is 5.75 Å². The number of thiazole rings is 1. The predicted molar refractivity (Wildman–Crippen MR) is 205 cm³/mol. The fourth-order valence-corrected chi connectivity index (χ4v) is 7.05. The number of nitrogens with zero attached hydrogens (tertiary/aromatic N) is 2. The molecule has 11 nitrogen and oxygen atoms in total. The maximum absolute atomic E-state index is 13.8. The van der Waals surface area contributed by atoms with Crippen LogP contribution in [0.2, 0.25) is 0 Å². The van der Waals surface area contributed by atoms with Crippen molar-refractivity contribution in [1.82, 2.24) is 10.3 Å². The van der Waals surface area contributed by atoms with Crippen molar-refractivity contribution in [2.45, 2.75) is 17.1 Å². The van der Waals surface area contributed by atoms with E-state index >= 15 is 0 Å². The molecule has 0 aliphatic heterocycles. The molecule has 1 atom stereocenters. The quantitative estimate of drug-likeness (QED) is 0.0463. The van der Waals surface area contributed by atoms with E-state index in [1.807, 2.05) is 61.5 Å². The van der Waals surface area contributed by atoms with Gasteiger partial charge in [0.2, 0.25) is 5.91 Å². The van der Waals surface area contributed by atoms with Crippen LogP contribution in [0.15, 0.2) is 138 Å². The lowest BCUT2D eigenvalue weighted by molar-refractivity contribution is -0.384. The summed E-state index contributed by atoms with van der Waals surface area (Å²) in [6.45, 7) is 2.46. The van der Waals surface area contributed by atoms with E-state index < -0.39 is 22.0 Å². The minimum Gasteiger partial charge on any atom is -0.494 e. The van der Waals surface area contributed by atoms with Gasteiger partial charge in [-0.15, -0.1) is 11.8 Å². The fourth-order valence-electron chi connectivity index (χ4n) is 5.07. The molecular formula is C39H31N5O6S2. The number of anilines is 2. The normalized spacial score (nSPS) is 11.8. The van der Waals surface area contributed by atoms with E-state index in [-0.39, 0.29) is 17.3 Å². The highest BCUT2D eigenvalue weighted by atomic mass is 32.2. The maximum Gasteiger partial charge on any atom is 0.272 e. The van der Waals surface area contributed by atoms with Gasteiger partial charge in [0.15, 0.2) is 5.13 Å². The van der Waals surface area contributed by atoms with Crippen LogP contribution in [-0.4, -0.2) is 34.2 Å². The highest BCUT2D eigenvalue weighted by Gasteiger charge is 2.24. The highest BCUT2D eigenvalue weighted by Crippen LogP contribution is 2.38. The average Bonchev–Trinajstić information content (AvgIpc) is 3.56. The summed E-state index contributed by atoms with van der Waals surface area (Å²) in [5.74, 6) is -0.668. The molecule has 1 aromatic heterocycles. The van der Waals surface area contributed by atoms with Crippen molar-refractivity contribution in [2.75, 3.05) is 17.2 Å². The largest absolute Gasteiger partial charge is 0.494 e. The Bertz CT molecular complexity index is 2260. The number of nitro benzene ring substituents is 1. The molecule has 1 unspecified atom stereocenters. The molecule has 0 radical (unpaired) electrons. The first-order valence-electron chi connectivity index (χ1n) is 16.1. The first-order chi connectivity index (χ1) is 25.2. The molecule has 6 aromatic rings. The number of carbonyl (C=O) groups is 3. The van der Waals surface area contributed by atoms with Crippen LogP contribution in [0.4, 0.5) is 16.5 Å². The Morgan fingerprint density at radius 3 is 2.33 bits per heavy atom. The Labute approximate surface area is 306 Å². The predicted octanol–water partition coefficient (Wildman–Crippen LogP) is 8.48. The monoisotopic (exact) mass is 729 g/mol. The lowest BCUT2D eigenvalue weighted by Crippen LogP contribution is -2.30. The highest BCUT2D eigenvalue weighted by molar-refractivity contribution is 8.00. The van der Waals surface area contributed by atoms with E-state index in [0.717, 1.165) is 21.5 Å². The number of rotatable bonds is 13. The summed E-state index contributed by atoms with van der Waals surface area (Å²) in [4.78, 5) is 56.5. The molecule has 13 heteroatoms. The number of amides is 3. The molecule has 0 bridgehead atoms. The lowest BCUT2D eigenvalue weighted by Gasteiger charge is -2.17. The number of aromatic nitrogens is 1. The van der Waals surface area contributed by atoms with Gasteiger partial charge in [0, 0.05) is 28.3 Å². The van der Waals surface area contributed by atoms with Crippen LogP contribution in [0.25, 0.3) is 16.3 Å². The van der Waals surface area contributed by atoms with E-state index in [4.69, 9.17) is 4.74 Å². The van der Waals surface area contributed by atoms with E-state index in [2.05, 4.69) is 20.9 Å². The second-order valence-electron chi connectivity index (χ2n) is 11.2. The summed E-state index contributed by atoms with van der Waals surface area (Å²) in [5.41, 5.74) is 2.56. The molecule has 52 heavy (non-hydrogen) atoms. The van der Waals surface area contributed by atoms with Crippen LogP contribution in [0, 0.1) is 10.1 Å². The number of fused-ring (bicyclic) bond motifs is 1. The smallest absolute Gasteiger partial charge is 0.272 e. The Morgan fingerprint density at radius 1 is 0.885 bits per heavy atom. The van der Waals surface area contributed by atoms with Crippen LogP contribution >= 0.6 is 23.1 Å². The van der Waals surface area contributed by atoms with Gasteiger partial charge in [-0.25, -0.2) is 4.98 Å². The zero-order chi connectivity index (χ0) is 36.5. The van der Waals surface area contributed by atoms with Crippen molar-refractivity contribution in [2.24, 2.45) is 0 Å². The summed E-state index contributed by atoms with van der Waals surface area (Å²) >= 11 is 2.66. The molecular weight excluding hydrogens is 699 g/mol. The van der Waals surface area contributed by atoms with Crippen molar-refractivity contribution in [1.29, 1.82) is 0 Å². The van der Waals surface area contributed by atoms with Crippen molar-refractivity contribution in [3.8, 4) is 5.75 Å². The van der Waals surface area contributed by atoms with Crippen molar-refractivity contribution in [3.05, 3.63) is 160 Å². The lowest BCUT2D eigenvalue weighted by atomic mass is 10.1. The Kier molecular flexibility index (Phi) is 11.3. The second-order valence-corrected chi connectivity index (χ2v) is 13.4. The van der Waals surface area contributed by atoms with Crippen LogP contribution in [0.3, 0.4) is 0 Å². The summed E-state index contributed by atoms with van der Waals surface area (Å²) in [7, 11) is 0. The van der Waals surface area contributed by atoms with Gasteiger partial charge in [-0.2, -0.15) is 0 Å². The molecule has 0 aliphatic rings. The summed E-state index contributed by atoms with van der Waals surface area (Å²) in [6, 6.07) is 36.0. The zero-order valence-electron chi connectivity index (χ0n) is 27.6. The third kappa shape index (κ3) is 9.07. The van der Waals surface area contributed by atoms with Gasteiger partial charge in [0.25, 0.3) is 17.5 Å². The molecule has 0 aliphatic carbocycles. The van der Waals surface area contributed by atoms with Gasteiger partial charge in [0.05, 0.1) is 21.7 Å². The maximum atomic E-state index is 13.8. The van der Waals surface area contributed by atoms with Gasteiger partial charge in [-0.1, -0.05) is 65.9 Å². The summed E-state index contributed by atoms with van der Waals surface area (Å²) < 4.78 is 6.49. The Morgan fingerprint density at radius 2 is 1.62 bits per heavy atom. The van der Waals surface area contributed by atoms with Crippen LogP contribution in [0.1, 0.15) is 33.7 Å². The van der Waals surface area contributed by atoms with Gasteiger partial charge in [0.1, 0.15) is 16.7 Å². The standard InChI is InChI=1S/C39H31N5O6S2/c1-2-50-30-20-21-32-34(24-30)52-39(42-32)43-38(47)35(26-10-5-3-6-11-26)51-31-15-9-14-28(23-31)40-37(46)33(41-36(45)27-12-7-4-8-13-27)22-25-16-18-29(19-17-25)44(48)49/h3-24,35H,2H2,1H3,(H,40,46)(H,41,45)(H,42,43,47)/b33-22+. The third-order valence-electron chi connectivity index (χ3n) is 7.53. The number of benzene rings is 5. The zero-order valence-corrected chi connectivity index (χ0v) is 29.3. The van der Waals surface area contributed by atoms with E-state index in [9.17, 15) is 24.5 Å². The first-order valence-corrected chi connectivity index (χ1v) is 17.7. The number of non-ortho nitro benzene ring substituents is 1. The SMILES string of the molecule is CCOc1ccc2nc(NC(=O)C(Sc3cccc(NC(=O)/C(=C\c4ccc([N+](=O)[O-])cc4)NC(=O)c4ccccc4)c3)c3ccccc3)sc2c1. The minimum atomic E-state index is -0.666. The van der Waals surface area contributed by atoms with Crippen LogP contribution < -0.4 is 20.7 Å². The number of ether oxygens (including phenoxy) is 1. The Balaban J connectivity index is 1.22. The number of thioether (sulfide) groups is 1. The van der Waals surface area contributed by atoms with E-state index in [1.165, 1.54) is 53.4 Å². The fraction of sp³-hybridized carbons (Fsp3) is 0.0769. The molecule has 1 heterocycles. The molecule has 0 saturated carbocycles. The average molecular weight is 730 g/mol. The number of carbonyl (C=O) groups excluding carboxylic acids is 3. The summed E-state index contributed by atoms with van der Waals surface area (Å²) in [5, 5.41) is 19.4. The van der Waals surface area contributed by atoms with Crippen LogP contribution in [-0.2, 0) is 9.59 Å². The van der Waals surface area contributed by atoms with Gasteiger partial charge in [-0.3, -0.25) is 24.5 Å². The van der Waals surface area contributed by atoms with Crippen molar-refractivity contribution in [3.63, 3.8) is 0 Å².